The summed E-state index contributed by atoms with van der Waals surface area (Å²) in [5.74, 6) is 1.33. The Hall–Kier alpha value is -0.460. The molecule has 7 nitrogen and oxygen atoms in total. The summed E-state index contributed by atoms with van der Waals surface area (Å²) in [7, 11) is -2.81. The molecule has 0 unspecified atom stereocenters. The molecule has 1 aliphatic heterocycles. The van der Waals surface area contributed by atoms with Crippen LogP contribution in [0.3, 0.4) is 0 Å². The Balaban J connectivity index is 0.00000312. The number of nitrogens with zero attached hydrogens (tertiary/aromatic N) is 3. The largest absolute Gasteiger partial charge is 0.357 e. The average molecular weight is 501 g/mol. The molecule has 25 heavy (non-hydrogen) atoms. The van der Waals surface area contributed by atoms with Crippen LogP contribution in [0.2, 0.25) is 0 Å². The molecule has 0 aromatic carbocycles. The minimum atomic E-state index is -2.81. The maximum atomic E-state index is 11.4. The van der Waals surface area contributed by atoms with Crippen molar-refractivity contribution in [2.75, 3.05) is 50.8 Å². The lowest BCUT2D eigenvalue weighted by atomic mass is 10.4. The zero-order chi connectivity index (χ0) is 17.4. The molecule has 1 aromatic heterocycles. The van der Waals surface area contributed by atoms with Crippen molar-refractivity contribution in [2.24, 2.45) is 4.99 Å². The van der Waals surface area contributed by atoms with Gasteiger partial charge in [-0.05, 0) is 13.8 Å². The fourth-order valence-corrected chi connectivity index (χ4v) is 4.49. The third-order valence-corrected chi connectivity index (χ3v) is 6.35. The zero-order valence-electron chi connectivity index (χ0n) is 14.8. The Kier molecular flexibility index (Phi) is 10.2. The number of aryl methyl sites for hydroxylation is 1. The summed E-state index contributed by atoms with van der Waals surface area (Å²) in [6, 6.07) is 0. The minimum absolute atomic E-state index is 0. The molecule has 0 amide bonds. The van der Waals surface area contributed by atoms with Crippen molar-refractivity contribution in [1.82, 2.24) is 20.5 Å². The number of halogens is 1. The molecule has 0 aliphatic carbocycles. The van der Waals surface area contributed by atoms with E-state index in [4.69, 9.17) is 0 Å². The van der Waals surface area contributed by atoms with Gasteiger partial charge in [-0.1, -0.05) is 0 Å². The van der Waals surface area contributed by atoms with Crippen molar-refractivity contribution in [2.45, 2.75) is 20.3 Å². The molecule has 0 spiro atoms. The van der Waals surface area contributed by atoms with Crippen molar-refractivity contribution >= 4 is 51.1 Å². The molecule has 0 saturated carbocycles. The van der Waals surface area contributed by atoms with Gasteiger partial charge in [-0.15, -0.1) is 35.3 Å². The highest BCUT2D eigenvalue weighted by Crippen LogP contribution is 2.10. The zero-order valence-corrected chi connectivity index (χ0v) is 18.8. The van der Waals surface area contributed by atoms with Gasteiger partial charge in [0.1, 0.15) is 0 Å². The quantitative estimate of drug-likeness (QED) is 0.328. The van der Waals surface area contributed by atoms with E-state index in [0.29, 0.717) is 19.6 Å². The summed E-state index contributed by atoms with van der Waals surface area (Å²) in [6.45, 7) is 8.38. The Labute approximate surface area is 171 Å². The van der Waals surface area contributed by atoms with E-state index in [2.05, 4.69) is 32.4 Å². The Morgan fingerprint density at radius 3 is 2.68 bits per heavy atom. The molecule has 144 valence electrons. The van der Waals surface area contributed by atoms with Crippen LogP contribution in [-0.2, 0) is 16.3 Å². The van der Waals surface area contributed by atoms with Crippen LogP contribution in [0.15, 0.2) is 11.2 Å². The standard InChI is InChI=1S/C15H27N5O2S2.HI/c1-3-16-15(17-5-4-14-19-12-13(2)23-14)18-6-7-20-8-10-24(21,22)11-9-20;/h12H,3-11H2,1-2H3,(H2,16,17,18);1H. The number of rotatable bonds is 7. The molecule has 2 rings (SSSR count). The fraction of sp³-hybridized carbons (Fsp3) is 0.733. The predicted octanol–water partition coefficient (Wildman–Crippen LogP) is 0.898. The SMILES string of the molecule is CCNC(=NCCN1CCS(=O)(=O)CC1)NCCc1ncc(C)s1.I. The number of nitrogens with one attached hydrogen (secondary N) is 2. The van der Waals surface area contributed by atoms with Crippen LogP contribution >= 0.6 is 35.3 Å². The van der Waals surface area contributed by atoms with E-state index in [9.17, 15) is 8.42 Å². The maximum Gasteiger partial charge on any atom is 0.191 e. The van der Waals surface area contributed by atoms with Crippen LogP contribution in [0.5, 0.6) is 0 Å². The molecular formula is C15H28IN5O2S2. The van der Waals surface area contributed by atoms with Crippen molar-refractivity contribution < 1.29 is 8.42 Å². The summed E-state index contributed by atoms with van der Waals surface area (Å²) < 4.78 is 22.8. The summed E-state index contributed by atoms with van der Waals surface area (Å²) in [6.07, 6.45) is 2.78. The highest BCUT2D eigenvalue weighted by Gasteiger charge is 2.20. The van der Waals surface area contributed by atoms with E-state index >= 15 is 0 Å². The first kappa shape index (κ1) is 22.6. The van der Waals surface area contributed by atoms with Gasteiger partial charge < -0.3 is 10.6 Å². The van der Waals surface area contributed by atoms with Gasteiger partial charge in [0.25, 0.3) is 0 Å². The van der Waals surface area contributed by atoms with Crippen LogP contribution in [0.25, 0.3) is 0 Å². The number of hydrogen-bond acceptors (Lipinski definition) is 6. The van der Waals surface area contributed by atoms with Gasteiger partial charge >= 0.3 is 0 Å². The van der Waals surface area contributed by atoms with Gasteiger partial charge in [0, 0.05) is 50.2 Å². The van der Waals surface area contributed by atoms with E-state index in [-0.39, 0.29) is 35.5 Å². The van der Waals surface area contributed by atoms with Crippen LogP contribution in [0.4, 0.5) is 0 Å². The van der Waals surface area contributed by atoms with Crippen molar-refractivity contribution in [1.29, 1.82) is 0 Å². The number of aromatic nitrogens is 1. The molecule has 1 fully saturated rings. The molecule has 1 aliphatic rings. The summed E-state index contributed by atoms with van der Waals surface area (Å²) in [5, 5.41) is 7.68. The monoisotopic (exact) mass is 501 g/mol. The number of hydrogen-bond donors (Lipinski definition) is 2. The lowest BCUT2D eigenvalue weighted by Gasteiger charge is -2.25. The number of sulfone groups is 1. The number of aliphatic imine (C=N–C) groups is 1. The lowest BCUT2D eigenvalue weighted by molar-refractivity contribution is 0.304. The first-order chi connectivity index (χ1) is 11.5. The van der Waals surface area contributed by atoms with Gasteiger partial charge in [0.2, 0.25) is 0 Å². The Morgan fingerprint density at radius 1 is 1.36 bits per heavy atom. The topological polar surface area (TPSA) is 86.7 Å². The second-order valence-corrected chi connectivity index (χ2v) is 9.42. The summed E-state index contributed by atoms with van der Waals surface area (Å²) >= 11 is 1.72. The molecule has 0 atom stereocenters. The normalized spacial score (nSPS) is 17.8. The third kappa shape index (κ3) is 8.65. The van der Waals surface area contributed by atoms with E-state index in [0.717, 1.165) is 37.0 Å². The molecule has 1 saturated heterocycles. The molecule has 0 bridgehead atoms. The van der Waals surface area contributed by atoms with Gasteiger partial charge in [-0.2, -0.15) is 0 Å². The fourth-order valence-electron chi connectivity index (χ4n) is 2.42. The lowest BCUT2D eigenvalue weighted by Crippen LogP contribution is -2.42. The van der Waals surface area contributed by atoms with Crippen LogP contribution < -0.4 is 10.6 Å². The minimum Gasteiger partial charge on any atom is -0.357 e. The molecule has 2 heterocycles. The second-order valence-electron chi connectivity index (χ2n) is 5.80. The number of guanidine groups is 1. The van der Waals surface area contributed by atoms with Gasteiger partial charge in [-0.3, -0.25) is 9.89 Å². The molecule has 2 N–H and O–H groups in total. The summed E-state index contributed by atoms with van der Waals surface area (Å²) in [4.78, 5) is 12.3. The first-order valence-electron chi connectivity index (χ1n) is 8.35. The molecule has 10 heteroatoms. The molecule has 0 radical (unpaired) electrons. The predicted molar refractivity (Wildman–Crippen MR) is 115 cm³/mol. The van der Waals surface area contributed by atoms with E-state index in [1.807, 2.05) is 13.1 Å². The third-order valence-electron chi connectivity index (χ3n) is 3.77. The van der Waals surface area contributed by atoms with Gasteiger partial charge in [0.15, 0.2) is 15.8 Å². The van der Waals surface area contributed by atoms with E-state index in [1.165, 1.54) is 4.88 Å². The smallest absolute Gasteiger partial charge is 0.191 e. The maximum absolute atomic E-state index is 11.4. The first-order valence-corrected chi connectivity index (χ1v) is 11.0. The van der Waals surface area contributed by atoms with Gasteiger partial charge in [0.05, 0.1) is 23.1 Å². The molecule has 1 aromatic rings. The van der Waals surface area contributed by atoms with Crippen molar-refractivity contribution in [3.8, 4) is 0 Å². The Morgan fingerprint density at radius 2 is 2.08 bits per heavy atom. The van der Waals surface area contributed by atoms with Crippen LogP contribution in [0.1, 0.15) is 16.8 Å². The van der Waals surface area contributed by atoms with Crippen LogP contribution in [0, 0.1) is 6.92 Å². The highest BCUT2D eigenvalue weighted by molar-refractivity contribution is 14.0. The molecular weight excluding hydrogens is 473 g/mol. The second kappa shape index (κ2) is 11.3. The van der Waals surface area contributed by atoms with Crippen LogP contribution in [-0.4, -0.2) is 75.0 Å². The van der Waals surface area contributed by atoms with E-state index < -0.39 is 9.84 Å². The average Bonchev–Trinajstić information content (AvgIpc) is 2.94. The van der Waals surface area contributed by atoms with Gasteiger partial charge in [-0.25, -0.2) is 13.4 Å². The number of thiazole rings is 1. The highest BCUT2D eigenvalue weighted by atomic mass is 127. The van der Waals surface area contributed by atoms with E-state index in [1.54, 1.807) is 11.3 Å². The Bertz CT molecular complexity index is 634. The van der Waals surface area contributed by atoms with Crippen molar-refractivity contribution in [3.63, 3.8) is 0 Å². The van der Waals surface area contributed by atoms with Crippen molar-refractivity contribution in [3.05, 3.63) is 16.1 Å². The summed E-state index contributed by atoms with van der Waals surface area (Å²) in [5.41, 5.74) is 0.